The topological polar surface area (TPSA) is 38.6 Å². The van der Waals surface area contributed by atoms with E-state index in [4.69, 9.17) is 16.3 Å². The lowest BCUT2D eigenvalue weighted by molar-refractivity contribution is 0.242. The summed E-state index contributed by atoms with van der Waals surface area (Å²) in [5.74, 6) is 1.99. The molecule has 0 aliphatic carbocycles. The fourth-order valence-corrected chi connectivity index (χ4v) is 2.26. The third-order valence-corrected chi connectivity index (χ3v) is 3.13. The number of halogens is 1. The van der Waals surface area contributed by atoms with Crippen LogP contribution >= 0.6 is 11.6 Å². The van der Waals surface area contributed by atoms with Gasteiger partial charge in [0.15, 0.2) is 0 Å². The highest BCUT2D eigenvalue weighted by molar-refractivity contribution is 6.32. The lowest BCUT2D eigenvalue weighted by atomic mass is 10.1. The molecule has 0 aromatic carbocycles. The number of fused-ring (bicyclic) bond motifs is 1. The smallest absolute Gasteiger partial charge is 0.143 e. The normalized spacial score (nSPS) is 11.6. The van der Waals surface area contributed by atoms with Crippen LogP contribution in [0, 0.1) is 0 Å². The number of anilines is 1. The van der Waals surface area contributed by atoms with Gasteiger partial charge in [0.2, 0.25) is 0 Å². The van der Waals surface area contributed by atoms with Crippen molar-refractivity contribution in [3.8, 4) is 5.75 Å². The van der Waals surface area contributed by atoms with Crippen molar-refractivity contribution in [2.75, 3.05) is 12.4 Å². The van der Waals surface area contributed by atoms with Gasteiger partial charge in [-0.3, -0.25) is 4.40 Å². The second-order valence-corrected chi connectivity index (χ2v) is 5.54. The highest BCUT2D eigenvalue weighted by atomic mass is 35.5. The molecule has 0 saturated carbocycles. The summed E-state index contributed by atoms with van der Waals surface area (Å²) in [5, 5.41) is 3.78. The molecule has 2 rings (SSSR count). The molecule has 0 saturated heterocycles. The molecule has 0 aliphatic rings. The van der Waals surface area contributed by atoms with E-state index in [1.165, 1.54) is 0 Å². The summed E-state index contributed by atoms with van der Waals surface area (Å²) in [4.78, 5) is 4.65. The van der Waals surface area contributed by atoms with E-state index in [1.54, 1.807) is 0 Å². The first-order chi connectivity index (χ1) is 8.93. The number of pyridine rings is 1. The quantitative estimate of drug-likeness (QED) is 0.922. The number of aromatic nitrogens is 2. The molecule has 0 unspecified atom stereocenters. The minimum atomic E-state index is 0.0863. The second-order valence-electron chi connectivity index (χ2n) is 5.13. The number of imidazole rings is 1. The monoisotopic (exact) mass is 281 g/mol. The molecule has 0 radical (unpaired) electrons. The van der Waals surface area contributed by atoms with Crippen molar-refractivity contribution in [3.05, 3.63) is 23.0 Å². The average molecular weight is 282 g/mol. The molecule has 4 nitrogen and oxygen atoms in total. The van der Waals surface area contributed by atoms with Gasteiger partial charge < -0.3 is 10.1 Å². The van der Waals surface area contributed by atoms with Crippen molar-refractivity contribution in [1.29, 1.82) is 0 Å². The Morgan fingerprint density at radius 1 is 1.32 bits per heavy atom. The van der Waals surface area contributed by atoms with E-state index in [0.29, 0.717) is 16.7 Å². The summed E-state index contributed by atoms with van der Waals surface area (Å²) < 4.78 is 7.65. The molecular formula is C14H20ClN3O. The maximum atomic E-state index is 6.26. The van der Waals surface area contributed by atoms with Crippen LogP contribution in [0.25, 0.3) is 5.65 Å². The first kappa shape index (κ1) is 14.0. The Balaban J connectivity index is 2.61. The lowest BCUT2D eigenvalue weighted by Crippen LogP contribution is -2.06. The van der Waals surface area contributed by atoms with E-state index in [1.807, 2.05) is 37.6 Å². The zero-order valence-corrected chi connectivity index (χ0v) is 12.7. The standard InChI is InChI=1S/C14H20ClN3O/c1-8(2)13-14(16-5)18-7-10(15)11(19-9(3)4)6-12(18)17-13/h6-9,16H,1-5H3. The predicted octanol–water partition coefficient (Wildman–Crippen LogP) is 3.94. The van der Waals surface area contributed by atoms with Crippen molar-refractivity contribution < 1.29 is 4.74 Å². The van der Waals surface area contributed by atoms with E-state index in [9.17, 15) is 0 Å². The number of ether oxygens (including phenoxy) is 1. The van der Waals surface area contributed by atoms with Gasteiger partial charge in [-0.05, 0) is 19.8 Å². The zero-order valence-electron chi connectivity index (χ0n) is 12.0. The van der Waals surface area contributed by atoms with E-state index < -0.39 is 0 Å². The fourth-order valence-electron chi connectivity index (χ4n) is 2.06. The van der Waals surface area contributed by atoms with Gasteiger partial charge in [0.05, 0.1) is 16.8 Å². The highest BCUT2D eigenvalue weighted by Crippen LogP contribution is 2.31. The number of nitrogens with zero attached hydrogens (tertiary/aromatic N) is 2. The van der Waals surface area contributed by atoms with Crippen LogP contribution in [-0.2, 0) is 0 Å². The van der Waals surface area contributed by atoms with Gasteiger partial charge in [-0.15, -0.1) is 0 Å². The van der Waals surface area contributed by atoms with Crippen LogP contribution in [0.1, 0.15) is 39.3 Å². The molecule has 0 amide bonds. The summed E-state index contributed by atoms with van der Waals surface area (Å²) in [5.41, 5.74) is 1.87. The number of hydrogen-bond donors (Lipinski definition) is 1. The van der Waals surface area contributed by atoms with Crippen LogP contribution < -0.4 is 10.1 Å². The van der Waals surface area contributed by atoms with Crippen LogP contribution in [-0.4, -0.2) is 22.5 Å². The lowest BCUT2D eigenvalue weighted by Gasteiger charge is -2.12. The van der Waals surface area contributed by atoms with Gasteiger partial charge in [-0.2, -0.15) is 0 Å². The molecule has 104 valence electrons. The van der Waals surface area contributed by atoms with Gasteiger partial charge in [0.25, 0.3) is 0 Å². The molecule has 0 aliphatic heterocycles. The van der Waals surface area contributed by atoms with E-state index in [2.05, 4.69) is 24.1 Å². The molecule has 0 spiro atoms. The van der Waals surface area contributed by atoms with Crippen molar-refractivity contribution >= 4 is 23.1 Å². The van der Waals surface area contributed by atoms with Gasteiger partial charge in [-0.25, -0.2) is 4.98 Å². The van der Waals surface area contributed by atoms with Crippen molar-refractivity contribution in [1.82, 2.24) is 9.38 Å². The van der Waals surface area contributed by atoms with Crippen LogP contribution in [0.5, 0.6) is 5.75 Å². The summed E-state index contributed by atoms with van der Waals surface area (Å²) in [7, 11) is 1.89. The van der Waals surface area contributed by atoms with Crippen LogP contribution in [0.3, 0.4) is 0 Å². The van der Waals surface area contributed by atoms with Crippen LogP contribution in [0.4, 0.5) is 5.82 Å². The van der Waals surface area contributed by atoms with Crippen molar-refractivity contribution in [2.24, 2.45) is 0 Å². The number of rotatable bonds is 4. The Hall–Kier alpha value is -1.42. The zero-order chi connectivity index (χ0) is 14.2. The Labute approximate surface area is 118 Å². The minimum absolute atomic E-state index is 0.0863. The molecule has 19 heavy (non-hydrogen) atoms. The Morgan fingerprint density at radius 2 is 2.00 bits per heavy atom. The summed E-state index contributed by atoms with van der Waals surface area (Å²) >= 11 is 6.26. The summed E-state index contributed by atoms with van der Waals surface area (Å²) in [6.07, 6.45) is 1.93. The van der Waals surface area contributed by atoms with Crippen LogP contribution in [0.2, 0.25) is 5.02 Å². The van der Waals surface area contributed by atoms with Gasteiger partial charge >= 0.3 is 0 Å². The molecule has 2 aromatic rings. The molecule has 0 atom stereocenters. The molecule has 1 N–H and O–H groups in total. The first-order valence-corrected chi connectivity index (χ1v) is 6.87. The SMILES string of the molecule is CNc1c(C(C)C)nc2cc(OC(C)C)c(Cl)cn12. The molecule has 2 aromatic heterocycles. The first-order valence-electron chi connectivity index (χ1n) is 6.50. The third-order valence-electron chi connectivity index (χ3n) is 2.85. The Bertz CT molecular complexity index is 590. The largest absolute Gasteiger partial charge is 0.489 e. The van der Waals surface area contributed by atoms with Gasteiger partial charge in [0, 0.05) is 19.3 Å². The molecule has 0 bridgehead atoms. The van der Waals surface area contributed by atoms with Crippen molar-refractivity contribution in [2.45, 2.75) is 39.7 Å². The maximum Gasteiger partial charge on any atom is 0.143 e. The van der Waals surface area contributed by atoms with Gasteiger partial charge in [-0.1, -0.05) is 25.4 Å². The Morgan fingerprint density at radius 3 is 2.53 bits per heavy atom. The third kappa shape index (κ3) is 2.63. The number of nitrogens with one attached hydrogen (secondary N) is 1. The van der Waals surface area contributed by atoms with Crippen LogP contribution in [0.15, 0.2) is 12.3 Å². The minimum Gasteiger partial charge on any atom is -0.489 e. The maximum absolute atomic E-state index is 6.26. The van der Waals surface area contributed by atoms with Crippen molar-refractivity contribution in [3.63, 3.8) is 0 Å². The van der Waals surface area contributed by atoms with E-state index in [-0.39, 0.29) is 6.10 Å². The summed E-state index contributed by atoms with van der Waals surface area (Å²) in [6, 6.07) is 1.88. The summed E-state index contributed by atoms with van der Waals surface area (Å²) in [6.45, 7) is 8.20. The highest BCUT2D eigenvalue weighted by Gasteiger charge is 2.16. The fraction of sp³-hybridized carbons (Fsp3) is 0.500. The average Bonchev–Trinajstić information content (AvgIpc) is 2.66. The van der Waals surface area contributed by atoms with E-state index in [0.717, 1.165) is 17.2 Å². The molecule has 0 fully saturated rings. The second kappa shape index (κ2) is 5.29. The Kier molecular flexibility index (Phi) is 3.90. The molecular weight excluding hydrogens is 262 g/mol. The molecule has 2 heterocycles. The number of hydrogen-bond acceptors (Lipinski definition) is 3. The predicted molar refractivity (Wildman–Crippen MR) is 79.6 cm³/mol. The van der Waals surface area contributed by atoms with Gasteiger partial charge in [0.1, 0.15) is 17.2 Å². The van der Waals surface area contributed by atoms with E-state index >= 15 is 0 Å². The molecule has 5 heteroatoms.